The highest BCUT2D eigenvalue weighted by molar-refractivity contribution is 6.00. The van der Waals surface area contributed by atoms with E-state index in [-0.39, 0.29) is 29.4 Å². The molecule has 0 bridgehead atoms. The number of amides is 2. The number of ether oxygens (including phenoxy) is 2. The summed E-state index contributed by atoms with van der Waals surface area (Å²) in [5.41, 5.74) is 0.446. The van der Waals surface area contributed by atoms with Crippen molar-refractivity contribution in [1.29, 1.82) is 0 Å². The molecule has 0 radical (unpaired) electrons. The van der Waals surface area contributed by atoms with Gasteiger partial charge in [-0.25, -0.2) is 0 Å². The van der Waals surface area contributed by atoms with Gasteiger partial charge in [-0.15, -0.1) is 5.10 Å². The van der Waals surface area contributed by atoms with E-state index < -0.39 is 18.4 Å². The lowest BCUT2D eigenvalue weighted by Crippen LogP contribution is -2.32. The minimum absolute atomic E-state index is 0.0862. The van der Waals surface area contributed by atoms with Gasteiger partial charge in [0, 0.05) is 25.0 Å². The predicted octanol–water partition coefficient (Wildman–Crippen LogP) is 1.40. The van der Waals surface area contributed by atoms with Gasteiger partial charge in [0.1, 0.15) is 11.3 Å². The van der Waals surface area contributed by atoms with Crippen LogP contribution in [0.4, 0.5) is 14.5 Å². The fourth-order valence-corrected chi connectivity index (χ4v) is 1.99. The molecular weight excluding hydrogens is 338 g/mol. The van der Waals surface area contributed by atoms with Gasteiger partial charge in [0.25, 0.3) is 5.91 Å². The molecule has 0 saturated carbocycles. The fraction of sp³-hybridized carbons (Fsp3) is 0.267. The molecule has 0 saturated heterocycles. The van der Waals surface area contributed by atoms with Gasteiger partial charge >= 0.3 is 6.61 Å². The van der Waals surface area contributed by atoms with E-state index in [1.807, 2.05) is 0 Å². The second-order valence-electron chi connectivity index (χ2n) is 4.86. The highest BCUT2D eigenvalue weighted by Crippen LogP contribution is 2.19. The van der Waals surface area contributed by atoms with Crippen LogP contribution in [0.25, 0.3) is 0 Å². The van der Waals surface area contributed by atoms with E-state index >= 15 is 0 Å². The third-order valence-corrected chi connectivity index (χ3v) is 2.99. The molecule has 134 valence electrons. The van der Waals surface area contributed by atoms with E-state index in [0.717, 1.165) is 0 Å². The molecule has 0 spiro atoms. The fourth-order valence-electron chi connectivity index (χ4n) is 1.99. The van der Waals surface area contributed by atoms with Gasteiger partial charge in [-0.2, -0.15) is 8.78 Å². The zero-order valence-corrected chi connectivity index (χ0v) is 13.5. The van der Waals surface area contributed by atoms with Gasteiger partial charge in [-0.05, 0) is 12.1 Å². The molecule has 8 nitrogen and oxygen atoms in total. The number of methoxy groups -OCH3 is 1. The second kappa shape index (κ2) is 8.08. The van der Waals surface area contributed by atoms with E-state index in [0.29, 0.717) is 0 Å². The molecule has 0 fully saturated rings. The molecule has 1 heterocycles. The van der Waals surface area contributed by atoms with E-state index in [1.54, 1.807) is 7.05 Å². The van der Waals surface area contributed by atoms with Crippen molar-refractivity contribution in [1.82, 2.24) is 15.1 Å². The normalized spacial score (nSPS) is 10.4. The Morgan fingerprint density at radius 1 is 1.36 bits per heavy atom. The van der Waals surface area contributed by atoms with Gasteiger partial charge in [0.05, 0.1) is 13.7 Å². The molecule has 0 aliphatic carbocycles. The molecule has 2 rings (SSSR count). The molecule has 0 unspecified atom stereocenters. The number of carbonyl (C=O) groups excluding carboxylic acids is 2. The van der Waals surface area contributed by atoms with Crippen LogP contribution in [0.2, 0.25) is 0 Å². The summed E-state index contributed by atoms with van der Waals surface area (Å²) in [5.74, 6) is -1.02. The lowest BCUT2D eigenvalue weighted by molar-refractivity contribution is -0.115. The summed E-state index contributed by atoms with van der Waals surface area (Å²) >= 11 is 0. The molecule has 0 aliphatic heterocycles. The van der Waals surface area contributed by atoms with Gasteiger partial charge < -0.3 is 20.1 Å². The van der Waals surface area contributed by atoms with Gasteiger partial charge in [-0.1, -0.05) is 6.07 Å². The second-order valence-corrected chi connectivity index (χ2v) is 4.86. The molecule has 2 amide bonds. The van der Waals surface area contributed by atoms with Crippen LogP contribution in [0.1, 0.15) is 10.4 Å². The third-order valence-electron chi connectivity index (χ3n) is 2.99. The van der Waals surface area contributed by atoms with Gasteiger partial charge in [0.2, 0.25) is 11.8 Å². The maximum absolute atomic E-state index is 12.2. The number of alkyl halides is 2. The van der Waals surface area contributed by atoms with E-state index in [4.69, 9.17) is 4.74 Å². The average molecular weight is 354 g/mol. The Morgan fingerprint density at radius 3 is 2.80 bits per heavy atom. The number of benzene rings is 1. The van der Waals surface area contributed by atoms with Crippen molar-refractivity contribution in [3.05, 3.63) is 36.0 Å². The van der Waals surface area contributed by atoms with Crippen molar-refractivity contribution in [3.63, 3.8) is 0 Å². The maximum Gasteiger partial charge on any atom is 0.387 e. The molecule has 2 aromatic rings. The van der Waals surface area contributed by atoms with Crippen LogP contribution in [0.15, 0.2) is 30.5 Å². The van der Waals surface area contributed by atoms with Crippen LogP contribution >= 0.6 is 0 Å². The van der Waals surface area contributed by atoms with Crippen molar-refractivity contribution in [3.8, 4) is 11.6 Å². The first-order chi connectivity index (χ1) is 11.9. The van der Waals surface area contributed by atoms with Crippen LogP contribution < -0.4 is 20.1 Å². The predicted molar refractivity (Wildman–Crippen MR) is 83.8 cm³/mol. The lowest BCUT2D eigenvalue weighted by Gasteiger charge is -2.09. The zero-order valence-electron chi connectivity index (χ0n) is 13.5. The highest BCUT2D eigenvalue weighted by atomic mass is 19.3. The number of anilines is 1. The first-order valence-electron chi connectivity index (χ1n) is 7.09. The average Bonchev–Trinajstić information content (AvgIpc) is 2.93. The van der Waals surface area contributed by atoms with E-state index in [9.17, 15) is 18.4 Å². The summed E-state index contributed by atoms with van der Waals surface area (Å²) < 4.78 is 35.0. The Kier molecular flexibility index (Phi) is 5.88. The Bertz CT molecular complexity index is 764. The minimum atomic E-state index is -2.96. The SMILES string of the molecule is COc1nn(C)cc1C(=O)NCC(=O)Nc1cccc(OC(F)F)c1. The van der Waals surface area contributed by atoms with E-state index in [1.165, 1.54) is 42.3 Å². The van der Waals surface area contributed by atoms with E-state index in [2.05, 4.69) is 20.5 Å². The summed E-state index contributed by atoms with van der Waals surface area (Å²) in [4.78, 5) is 23.9. The monoisotopic (exact) mass is 354 g/mol. The molecule has 10 heteroatoms. The summed E-state index contributed by atoms with van der Waals surface area (Å²) in [5, 5.41) is 8.82. The molecular formula is C15H16F2N4O4. The van der Waals surface area contributed by atoms with Crippen LogP contribution in [-0.4, -0.2) is 41.9 Å². The number of nitrogens with zero attached hydrogens (tertiary/aromatic N) is 2. The number of hydrogen-bond acceptors (Lipinski definition) is 5. The molecule has 0 aliphatic rings. The summed E-state index contributed by atoms with van der Waals surface area (Å²) in [6.07, 6.45) is 1.46. The number of aromatic nitrogens is 2. The number of hydrogen-bond donors (Lipinski definition) is 2. The maximum atomic E-state index is 12.2. The zero-order chi connectivity index (χ0) is 18.4. The number of nitrogens with one attached hydrogen (secondary N) is 2. The Labute approximate surface area is 141 Å². The number of carbonyl (C=O) groups is 2. The van der Waals surface area contributed by atoms with Crippen molar-refractivity contribution >= 4 is 17.5 Å². The lowest BCUT2D eigenvalue weighted by atomic mass is 10.3. The van der Waals surface area contributed by atoms with Crippen molar-refractivity contribution < 1.29 is 27.8 Å². The Hall–Kier alpha value is -3.17. The summed E-state index contributed by atoms with van der Waals surface area (Å²) in [6, 6.07) is 5.53. The van der Waals surface area contributed by atoms with Crippen molar-refractivity contribution in [2.45, 2.75) is 6.61 Å². The van der Waals surface area contributed by atoms with Crippen LogP contribution in [0, 0.1) is 0 Å². The van der Waals surface area contributed by atoms with Crippen LogP contribution in [0.5, 0.6) is 11.6 Å². The standard InChI is InChI=1S/C15H16F2N4O4/c1-21-8-11(14(20-21)24-2)13(23)18-7-12(22)19-9-4-3-5-10(6-9)25-15(16)17/h3-6,8,15H,7H2,1-2H3,(H,18,23)(H,19,22). The quantitative estimate of drug-likeness (QED) is 0.784. The Morgan fingerprint density at radius 2 is 2.12 bits per heavy atom. The molecule has 2 N–H and O–H groups in total. The summed E-state index contributed by atoms with van der Waals surface area (Å²) in [6.45, 7) is -3.28. The van der Waals surface area contributed by atoms with Crippen LogP contribution in [0.3, 0.4) is 0 Å². The molecule has 0 atom stereocenters. The highest BCUT2D eigenvalue weighted by Gasteiger charge is 2.17. The van der Waals surface area contributed by atoms with Gasteiger partial charge in [0.15, 0.2) is 0 Å². The largest absolute Gasteiger partial charge is 0.479 e. The molecule has 1 aromatic carbocycles. The van der Waals surface area contributed by atoms with Crippen molar-refractivity contribution in [2.24, 2.45) is 7.05 Å². The minimum Gasteiger partial charge on any atom is -0.479 e. The number of aryl methyl sites for hydroxylation is 1. The first kappa shape index (κ1) is 18.2. The topological polar surface area (TPSA) is 94.5 Å². The Balaban J connectivity index is 1.91. The van der Waals surface area contributed by atoms with Crippen LogP contribution in [-0.2, 0) is 11.8 Å². The number of rotatable bonds is 7. The van der Waals surface area contributed by atoms with Gasteiger partial charge in [-0.3, -0.25) is 14.3 Å². The smallest absolute Gasteiger partial charge is 0.387 e. The summed E-state index contributed by atoms with van der Waals surface area (Å²) in [7, 11) is 3.00. The number of halogens is 2. The molecule has 1 aromatic heterocycles. The van der Waals surface area contributed by atoms with Crippen molar-refractivity contribution in [2.75, 3.05) is 19.0 Å². The molecule has 25 heavy (non-hydrogen) atoms. The third kappa shape index (κ3) is 5.16. The first-order valence-corrected chi connectivity index (χ1v) is 7.09.